The molecule has 1 aromatic rings. The fourth-order valence-corrected chi connectivity index (χ4v) is 16.0. The lowest BCUT2D eigenvalue weighted by Gasteiger charge is -2.67. The molecule has 0 atom stereocenters. The van der Waals surface area contributed by atoms with E-state index in [0.29, 0.717) is 0 Å². The van der Waals surface area contributed by atoms with Gasteiger partial charge in [0.15, 0.2) is 0 Å². The highest BCUT2D eigenvalue weighted by molar-refractivity contribution is 7.60. The summed E-state index contributed by atoms with van der Waals surface area (Å²) in [5.74, 6) is 6.60. The van der Waals surface area contributed by atoms with Gasteiger partial charge in [-0.2, -0.15) is 0 Å². The lowest BCUT2D eigenvalue weighted by Crippen LogP contribution is -2.56. The normalized spacial score (nSPS) is 47.2. The van der Waals surface area contributed by atoms with E-state index in [4.69, 9.17) is 0 Å². The van der Waals surface area contributed by atoms with Crippen molar-refractivity contribution in [3.8, 4) is 0 Å². The van der Waals surface area contributed by atoms with Crippen molar-refractivity contribution in [1.82, 2.24) is 0 Å². The van der Waals surface area contributed by atoms with Gasteiger partial charge in [-0.1, -0.05) is 53.0 Å². The molecular formula is C31H45P. The molecule has 0 saturated heterocycles. The number of hydrogen-bond acceptors (Lipinski definition) is 0. The van der Waals surface area contributed by atoms with Gasteiger partial charge in [0.25, 0.3) is 0 Å². The molecule has 0 aliphatic heterocycles. The minimum absolute atomic E-state index is 0.0771. The van der Waals surface area contributed by atoms with Crippen LogP contribution in [0.2, 0.25) is 0 Å². The third-order valence-electron chi connectivity index (χ3n) is 11.3. The first-order chi connectivity index (χ1) is 15.3. The largest absolute Gasteiger partial charge is 0.0894 e. The highest BCUT2D eigenvalue weighted by Gasteiger charge is 2.62. The van der Waals surface area contributed by atoms with Crippen molar-refractivity contribution in [3.05, 3.63) is 35.4 Å². The molecule has 0 nitrogen and oxygen atoms in total. The third kappa shape index (κ3) is 3.32. The van der Waals surface area contributed by atoms with Crippen LogP contribution in [-0.2, 0) is 11.6 Å². The van der Waals surface area contributed by atoms with Gasteiger partial charge in [0, 0.05) is 0 Å². The van der Waals surface area contributed by atoms with Crippen molar-refractivity contribution < 1.29 is 0 Å². The van der Waals surface area contributed by atoms with E-state index in [0.717, 1.165) is 45.8 Å². The molecule has 0 spiro atoms. The molecule has 0 heterocycles. The van der Waals surface area contributed by atoms with Crippen LogP contribution in [0.3, 0.4) is 0 Å². The maximum absolute atomic E-state index is 2.55. The highest BCUT2D eigenvalue weighted by atomic mass is 31.1. The molecule has 1 heteroatoms. The Balaban J connectivity index is 1.27. The molecule has 8 fully saturated rings. The SMILES string of the molecule is CC(C)(C)c1ccc(CP(C23CC4CC(CC(C4)C2)C3)C23CC4CC(CC(C4)C2)C3)cc1. The first-order valence-corrected chi connectivity index (χ1v) is 15.7. The van der Waals surface area contributed by atoms with Crippen LogP contribution in [0, 0.1) is 35.5 Å². The zero-order valence-corrected chi connectivity index (χ0v) is 21.8. The van der Waals surface area contributed by atoms with E-state index in [9.17, 15) is 0 Å². The van der Waals surface area contributed by atoms with Gasteiger partial charge in [0.05, 0.1) is 0 Å². The molecule has 8 bridgehead atoms. The molecular weight excluding hydrogens is 403 g/mol. The van der Waals surface area contributed by atoms with E-state index in [2.05, 4.69) is 45.0 Å². The second kappa shape index (κ2) is 7.09. The Kier molecular flexibility index (Phi) is 4.65. The van der Waals surface area contributed by atoms with Crippen molar-refractivity contribution in [2.45, 2.75) is 120 Å². The van der Waals surface area contributed by atoms with Gasteiger partial charge in [0.1, 0.15) is 0 Å². The second-order valence-electron chi connectivity index (χ2n) is 14.8. The van der Waals surface area contributed by atoms with E-state index >= 15 is 0 Å². The summed E-state index contributed by atoms with van der Waals surface area (Å²) < 4.78 is 0. The molecule has 0 unspecified atom stereocenters. The van der Waals surface area contributed by atoms with Crippen LogP contribution in [0.15, 0.2) is 24.3 Å². The summed E-state index contributed by atoms with van der Waals surface area (Å²) in [6.07, 6.45) is 20.8. The van der Waals surface area contributed by atoms with E-state index in [1.54, 1.807) is 82.6 Å². The fraction of sp³-hybridized carbons (Fsp3) is 0.806. The van der Waals surface area contributed by atoms with Gasteiger partial charge >= 0.3 is 0 Å². The number of rotatable bonds is 4. The minimum atomic E-state index is 0.0771. The average molecular weight is 449 g/mol. The topological polar surface area (TPSA) is 0 Å². The number of hydrogen-bond donors (Lipinski definition) is 0. The van der Waals surface area contributed by atoms with Gasteiger partial charge in [-0.05, 0) is 146 Å². The maximum Gasteiger partial charge on any atom is -0.00631 e. The maximum atomic E-state index is 2.55. The summed E-state index contributed by atoms with van der Waals surface area (Å²) in [4.78, 5) is 0. The van der Waals surface area contributed by atoms with Crippen LogP contribution in [-0.4, -0.2) is 10.3 Å². The summed E-state index contributed by atoms with van der Waals surface area (Å²) in [6.45, 7) is 7.08. The third-order valence-corrected chi connectivity index (χ3v) is 15.4. The average Bonchev–Trinajstić information content (AvgIpc) is 2.69. The molecule has 32 heavy (non-hydrogen) atoms. The molecule has 0 aromatic heterocycles. The van der Waals surface area contributed by atoms with Gasteiger partial charge in [-0.25, -0.2) is 0 Å². The van der Waals surface area contributed by atoms with E-state index in [1.807, 2.05) is 0 Å². The van der Waals surface area contributed by atoms with Crippen LogP contribution in [0.1, 0.15) is 109 Å². The van der Waals surface area contributed by atoms with Gasteiger partial charge in [0.2, 0.25) is 0 Å². The Morgan fingerprint density at radius 1 is 0.625 bits per heavy atom. The smallest absolute Gasteiger partial charge is 0.00631 e. The summed E-state index contributed by atoms with van der Waals surface area (Å²) in [5, 5.41) is 1.52. The van der Waals surface area contributed by atoms with Gasteiger partial charge in [-0.15, -0.1) is 0 Å². The summed E-state index contributed by atoms with van der Waals surface area (Å²) in [5.41, 5.74) is 3.47. The molecule has 174 valence electrons. The highest BCUT2D eigenvalue weighted by Crippen LogP contribution is 2.79. The summed E-state index contributed by atoms with van der Waals surface area (Å²) >= 11 is 0. The second-order valence-corrected chi connectivity index (χ2v) is 17.9. The molecule has 8 aliphatic carbocycles. The molecule has 8 aliphatic rings. The van der Waals surface area contributed by atoms with E-state index in [1.165, 1.54) is 11.7 Å². The fourth-order valence-electron chi connectivity index (χ4n) is 10.9. The lowest BCUT2D eigenvalue weighted by molar-refractivity contribution is 0.0184. The Bertz CT molecular complexity index is 756. The van der Waals surface area contributed by atoms with Crippen molar-refractivity contribution in [2.75, 3.05) is 0 Å². The number of benzene rings is 1. The Labute approximate surface area is 198 Å². The monoisotopic (exact) mass is 448 g/mol. The lowest BCUT2D eigenvalue weighted by atomic mass is 9.55. The van der Waals surface area contributed by atoms with Crippen molar-refractivity contribution in [1.29, 1.82) is 0 Å². The van der Waals surface area contributed by atoms with Gasteiger partial charge in [-0.3, -0.25) is 0 Å². The molecule has 0 radical (unpaired) electrons. The predicted octanol–water partition coefficient (Wildman–Crippen LogP) is 8.90. The first-order valence-electron chi connectivity index (χ1n) is 14.2. The zero-order chi connectivity index (χ0) is 21.7. The molecule has 0 N–H and O–H groups in total. The molecule has 1 aromatic carbocycles. The van der Waals surface area contributed by atoms with Crippen LogP contribution < -0.4 is 0 Å². The van der Waals surface area contributed by atoms with E-state index in [-0.39, 0.29) is 13.3 Å². The van der Waals surface area contributed by atoms with Crippen LogP contribution >= 0.6 is 7.92 Å². The van der Waals surface area contributed by atoms with Gasteiger partial charge < -0.3 is 0 Å². The summed E-state index contributed by atoms with van der Waals surface area (Å²) in [7, 11) is 0.0771. The Morgan fingerprint density at radius 3 is 1.28 bits per heavy atom. The van der Waals surface area contributed by atoms with Crippen molar-refractivity contribution in [2.24, 2.45) is 35.5 Å². The molecule has 8 saturated carbocycles. The van der Waals surface area contributed by atoms with Crippen molar-refractivity contribution >= 4 is 7.92 Å². The van der Waals surface area contributed by atoms with Crippen LogP contribution in [0.4, 0.5) is 0 Å². The summed E-state index contributed by atoms with van der Waals surface area (Å²) in [6, 6.07) is 10.1. The Morgan fingerprint density at radius 2 is 0.969 bits per heavy atom. The van der Waals surface area contributed by atoms with E-state index < -0.39 is 0 Å². The van der Waals surface area contributed by atoms with Crippen LogP contribution in [0.5, 0.6) is 0 Å². The predicted molar refractivity (Wildman–Crippen MR) is 138 cm³/mol. The zero-order valence-electron chi connectivity index (χ0n) is 20.9. The molecule has 9 rings (SSSR count). The van der Waals surface area contributed by atoms with Crippen molar-refractivity contribution in [3.63, 3.8) is 0 Å². The molecule has 0 amide bonds. The minimum Gasteiger partial charge on any atom is -0.0894 e. The van der Waals surface area contributed by atoms with Crippen LogP contribution in [0.25, 0.3) is 0 Å². The first kappa shape index (κ1) is 21.0. The Hall–Kier alpha value is -0.350. The quantitative estimate of drug-likeness (QED) is 0.403. The standard InChI is InChI=1S/C31H45P/c1-29(2,3)28-6-4-21(5-7-28)20-32(30-14-22-8-23(15-30)10-24(9-22)16-30)31-17-25-11-26(18-31)13-27(12-25)19-31/h4-7,22-27H,8-20H2,1-3H3.